The standard InChI is InChI=1S/C21H24N2O4S/c1-28(25,26)22-18-9-5-11-23-19(18)13-15-6-4-7-16(12-15)17-8-2-3-10-20(17)27-14-21(23)24/h2-4,6-8,10,12,18-19,22H,5,9,11,13-14H2,1H3/t18-,19-/m0/s1. The zero-order chi connectivity index (χ0) is 19.7. The number of sulfonamides is 1. The highest BCUT2D eigenvalue weighted by Gasteiger charge is 2.36. The topological polar surface area (TPSA) is 75.7 Å². The van der Waals surface area contributed by atoms with E-state index in [2.05, 4.69) is 10.8 Å². The highest BCUT2D eigenvalue weighted by Crippen LogP contribution is 2.32. The van der Waals surface area contributed by atoms with Gasteiger partial charge >= 0.3 is 0 Å². The van der Waals surface area contributed by atoms with Crippen molar-refractivity contribution in [1.82, 2.24) is 9.62 Å². The minimum atomic E-state index is -3.37. The molecule has 0 unspecified atom stereocenters. The number of carbonyl (C=O) groups is 1. The number of piperidine rings is 1. The van der Waals surface area contributed by atoms with Crippen LogP contribution in [0, 0.1) is 0 Å². The monoisotopic (exact) mass is 400 g/mol. The Labute approximate surface area is 165 Å². The van der Waals surface area contributed by atoms with Gasteiger partial charge in [0.25, 0.3) is 5.91 Å². The molecule has 7 heteroatoms. The van der Waals surface area contributed by atoms with Crippen LogP contribution in [-0.2, 0) is 21.2 Å². The number of nitrogens with one attached hydrogen (secondary N) is 1. The van der Waals surface area contributed by atoms with Gasteiger partial charge < -0.3 is 9.64 Å². The Morgan fingerprint density at radius 2 is 1.96 bits per heavy atom. The van der Waals surface area contributed by atoms with Crippen LogP contribution in [0.1, 0.15) is 18.4 Å². The first-order valence-corrected chi connectivity index (χ1v) is 11.4. The van der Waals surface area contributed by atoms with Crippen molar-refractivity contribution in [3.05, 3.63) is 54.1 Å². The van der Waals surface area contributed by atoms with Crippen molar-refractivity contribution in [1.29, 1.82) is 0 Å². The quantitative estimate of drug-likeness (QED) is 0.839. The van der Waals surface area contributed by atoms with Gasteiger partial charge in [-0.1, -0.05) is 42.5 Å². The highest BCUT2D eigenvalue weighted by molar-refractivity contribution is 7.88. The fraction of sp³-hybridized carbons (Fsp3) is 0.381. The predicted octanol–water partition coefficient (Wildman–Crippen LogP) is 2.20. The molecule has 4 rings (SSSR count). The first-order chi connectivity index (χ1) is 13.4. The Morgan fingerprint density at radius 1 is 1.14 bits per heavy atom. The molecule has 2 heterocycles. The van der Waals surface area contributed by atoms with Gasteiger partial charge in [-0.3, -0.25) is 4.79 Å². The Morgan fingerprint density at radius 3 is 2.79 bits per heavy atom. The molecule has 2 aliphatic rings. The molecule has 0 aromatic heterocycles. The Balaban J connectivity index is 1.76. The molecule has 1 saturated heterocycles. The molecule has 0 aliphatic carbocycles. The van der Waals surface area contributed by atoms with E-state index in [4.69, 9.17) is 4.74 Å². The summed E-state index contributed by atoms with van der Waals surface area (Å²) < 4.78 is 32.4. The van der Waals surface area contributed by atoms with E-state index < -0.39 is 10.0 Å². The van der Waals surface area contributed by atoms with Crippen molar-refractivity contribution in [2.45, 2.75) is 31.3 Å². The van der Waals surface area contributed by atoms with Crippen LogP contribution in [-0.4, -0.2) is 50.7 Å². The van der Waals surface area contributed by atoms with Gasteiger partial charge in [0.05, 0.1) is 12.3 Å². The average Bonchev–Trinajstić information content (AvgIpc) is 2.67. The summed E-state index contributed by atoms with van der Waals surface area (Å²) in [7, 11) is -3.37. The molecule has 28 heavy (non-hydrogen) atoms. The smallest absolute Gasteiger partial charge is 0.260 e. The lowest BCUT2D eigenvalue weighted by Gasteiger charge is -2.41. The first kappa shape index (κ1) is 19.0. The van der Waals surface area contributed by atoms with Crippen molar-refractivity contribution in [3.63, 3.8) is 0 Å². The second-order valence-electron chi connectivity index (χ2n) is 7.48. The van der Waals surface area contributed by atoms with E-state index in [1.54, 1.807) is 4.90 Å². The Bertz CT molecular complexity index is 989. The molecule has 0 saturated carbocycles. The van der Waals surface area contributed by atoms with Crippen molar-refractivity contribution in [2.24, 2.45) is 0 Å². The third-order valence-corrected chi connectivity index (χ3v) is 6.12. The van der Waals surface area contributed by atoms with E-state index in [0.717, 1.165) is 23.1 Å². The van der Waals surface area contributed by atoms with Crippen LogP contribution in [0.5, 0.6) is 5.75 Å². The third kappa shape index (κ3) is 4.05. The molecule has 2 aromatic carbocycles. The van der Waals surface area contributed by atoms with Crippen LogP contribution >= 0.6 is 0 Å². The number of benzene rings is 2. The van der Waals surface area contributed by atoms with Gasteiger partial charge in [0.15, 0.2) is 6.61 Å². The third-order valence-electron chi connectivity index (χ3n) is 5.39. The van der Waals surface area contributed by atoms with E-state index in [1.165, 1.54) is 6.26 Å². The largest absolute Gasteiger partial charge is 0.483 e. The molecule has 148 valence electrons. The van der Waals surface area contributed by atoms with Crippen LogP contribution in [0.15, 0.2) is 48.5 Å². The Hall–Kier alpha value is -2.38. The number of rotatable bonds is 2. The fourth-order valence-electron chi connectivity index (χ4n) is 4.19. The van der Waals surface area contributed by atoms with E-state index in [1.807, 2.05) is 42.5 Å². The van der Waals surface area contributed by atoms with Crippen molar-refractivity contribution < 1.29 is 17.9 Å². The maximum atomic E-state index is 13.0. The van der Waals surface area contributed by atoms with E-state index in [9.17, 15) is 13.2 Å². The minimum Gasteiger partial charge on any atom is -0.483 e. The van der Waals surface area contributed by atoms with Crippen molar-refractivity contribution in [2.75, 3.05) is 19.4 Å². The zero-order valence-electron chi connectivity index (χ0n) is 15.8. The number of para-hydroxylation sites is 1. The molecular weight excluding hydrogens is 376 g/mol. The van der Waals surface area contributed by atoms with Gasteiger partial charge in [0.2, 0.25) is 10.0 Å². The maximum Gasteiger partial charge on any atom is 0.260 e. The van der Waals surface area contributed by atoms with E-state index in [-0.39, 0.29) is 24.6 Å². The van der Waals surface area contributed by atoms with Gasteiger partial charge in [-0.05, 0) is 36.5 Å². The summed E-state index contributed by atoms with van der Waals surface area (Å²) in [6.07, 6.45) is 3.22. The molecular formula is C21H24N2O4S. The number of ether oxygens (including phenoxy) is 1. The predicted molar refractivity (Wildman–Crippen MR) is 108 cm³/mol. The van der Waals surface area contributed by atoms with Crippen LogP contribution in [0.25, 0.3) is 11.1 Å². The summed E-state index contributed by atoms with van der Waals surface area (Å²) in [5.74, 6) is 0.559. The van der Waals surface area contributed by atoms with Crippen LogP contribution in [0.2, 0.25) is 0 Å². The summed E-state index contributed by atoms with van der Waals surface area (Å²) in [6, 6.07) is 15.3. The van der Waals surface area contributed by atoms with E-state index in [0.29, 0.717) is 25.1 Å². The van der Waals surface area contributed by atoms with Gasteiger partial charge in [0.1, 0.15) is 5.75 Å². The lowest BCUT2D eigenvalue weighted by molar-refractivity contribution is -0.137. The van der Waals surface area contributed by atoms with Crippen molar-refractivity contribution in [3.8, 4) is 16.9 Å². The van der Waals surface area contributed by atoms with Gasteiger partial charge in [-0.25, -0.2) is 13.1 Å². The first-order valence-electron chi connectivity index (χ1n) is 9.48. The SMILES string of the molecule is CS(=O)(=O)N[C@H]1CCCN2C(=O)COc3ccccc3-c3cccc(c3)C[C@@H]12. The number of amides is 1. The fourth-order valence-corrected chi connectivity index (χ4v) is 5.02. The molecule has 1 fully saturated rings. The Kier molecular flexibility index (Phi) is 5.12. The van der Waals surface area contributed by atoms with Crippen LogP contribution < -0.4 is 9.46 Å². The average molecular weight is 401 g/mol. The lowest BCUT2D eigenvalue weighted by Crippen LogP contribution is -2.58. The molecule has 2 aliphatic heterocycles. The van der Waals surface area contributed by atoms with Gasteiger partial charge in [-0.15, -0.1) is 0 Å². The summed E-state index contributed by atoms with van der Waals surface area (Å²) in [6.45, 7) is 0.547. The number of fused-ring (bicyclic) bond motifs is 5. The minimum absolute atomic E-state index is 0.0604. The second-order valence-corrected chi connectivity index (χ2v) is 9.26. The molecule has 6 nitrogen and oxygen atoms in total. The zero-order valence-corrected chi connectivity index (χ0v) is 16.6. The second kappa shape index (κ2) is 7.56. The highest BCUT2D eigenvalue weighted by atomic mass is 32.2. The number of hydrogen-bond donors (Lipinski definition) is 1. The summed E-state index contributed by atoms with van der Waals surface area (Å²) >= 11 is 0. The van der Waals surface area contributed by atoms with Crippen LogP contribution in [0.3, 0.4) is 0 Å². The number of hydrogen-bond acceptors (Lipinski definition) is 4. The lowest BCUT2D eigenvalue weighted by atomic mass is 9.90. The number of carbonyl (C=O) groups excluding carboxylic acids is 1. The van der Waals surface area contributed by atoms with Gasteiger partial charge in [-0.2, -0.15) is 0 Å². The summed E-state index contributed by atoms with van der Waals surface area (Å²) in [4.78, 5) is 14.7. The molecule has 1 amide bonds. The summed E-state index contributed by atoms with van der Waals surface area (Å²) in [5, 5.41) is 0. The molecule has 2 aromatic rings. The maximum absolute atomic E-state index is 13.0. The van der Waals surface area contributed by atoms with Crippen LogP contribution in [0.4, 0.5) is 0 Å². The molecule has 0 radical (unpaired) electrons. The molecule has 2 atom stereocenters. The molecule has 2 bridgehead atoms. The van der Waals surface area contributed by atoms with Crippen molar-refractivity contribution >= 4 is 15.9 Å². The van der Waals surface area contributed by atoms with Gasteiger partial charge in [0, 0.05) is 18.2 Å². The summed E-state index contributed by atoms with van der Waals surface area (Å²) in [5.41, 5.74) is 3.04. The normalized spacial score (nSPS) is 22.5. The van der Waals surface area contributed by atoms with E-state index >= 15 is 0 Å². The molecule has 1 N–H and O–H groups in total. The molecule has 0 spiro atoms. The number of nitrogens with zero attached hydrogens (tertiary/aromatic N) is 1.